The Morgan fingerprint density at radius 3 is 2.93 bits per heavy atom. The number of aromatic nitrogens is 1. The van der Waals surface area contributed by atoms with Crippen LogP contribution in [0.15, 0.2) is 36.7 Å². The number of hydrazine groups is 1. The Morgan fingerprint density at radius 1 is 1.34 bits per heavy atom. The number of nitrogens with zero attached hydrogens (tertiary/aromatic N) is 3. The average Bonchev–Trinajstić information content (AvgIpc) is 3.04. The SMILES string of the molecule is COC(=O)c1ccncc1NC1NN(CCOCCN(C)C)c2ccc(F)cc21. The number of esters is 1. The van der Waals surface area contributed by atoms with Gasteiger partial charge < -0.3 is 24.7 Å². The summed E-state index contributed by atoms with van der Waals surface area (Å²) in [7, 11) is 5.31. The average molecular weight is 403 g/mol. The molecule has 2 N–H and O–H groups in total. The number of anilines is 2. The van der Waals surface area contributed by atoms with Crippen LogP contribution in [0.3, 0.4) is 0 Å². The topological polar surface area (TPSA) is 79.0 Å². The van der Waals surface area contributed by atoms with Crippen LogP contribution in [-0.4, -0.2) is 63.4 Å². The van der Waals surface area contributed by atoms with Crippen molar-refractivity contribution in [2.45, 2.75) is 6.17 Å². The molecule has 1 aliphatic rings. The smallest absolute Gasteiger partial charge is 0.340 e. The van der Waals surface area contributed by atoms with E-state index in [0.717, 1.165) is 17.8 Å². The first kappa shape index (κ1) is 21.0. The molecule has 156 valence electrons. The molecule has 1 aromatic heterocycles. The van der Waals surface area contributed by atoms with Gasteiger partial charge in [-0.25, -0.2) is 14.6 Å². The number of fused-ring (bicyclic) bond motifs is 1. The quantitative estimate of drug-likeness (QED) is 0.486. The molecule has 8 nitrogen and oxygen atoms in total. The predicted octanol–water partition coefficient (Wildman–Crippen LogP) is 2.02. The molecular weight excluding hydrogens is 377 g/mol. The lowest BCUT2D eigenvalue weighted by molar-refractivity contribution is 0.0601. The summed E-state index contributed by atoms with van der Waals surface area (Å²) in [5.74, 6) is -0.806. The number of benzene rings is 1. The first-order chi connectivity index (χ1) is 14.0. The molecule has 0 saturated heterocycles. The van der Waals surface area contributed by atoms with Crippen molar-refractivity contribution in [2.75, 3.05) is 57.8 Å². The minimum atomic E-state index is -0.474. The maximum atomic E-state index is 13.9. The molecule has 9 heteroatoms. The first-order valence-electron chi connectivity index (χ1n) is 9.34. The monoisotopic (exact) mass is 403 g/mol. The number of methoxy groups -OCH3 is 1. The van der Waals surface area contributed by atoms with Crippen LogP contribution in [0, 0.1) is 5.82 Å². The second-order valence-electron chi connectivity index (χ2n) is 6.89. The number of nitrogens with one attached hydrogen (secondary N) is 2. The Morgan fingerprint density at radius 2 is 2.17 bits per heavy atom. The molecule has 0 amide bonds. The Labute approximate surface area is 169 Å². The van der Waals surface area contributed by atoms with Crippen molar-refractivity contribution < 1.29 is 18.7 Å². The molecular formula is C20H26FN5O3. The highest BCUT2D eigenvalue weighted by Gasteiger charge is 2.29. The van der Waals surface area contributed by atoms with Crippen LogP contribution in [-0.2, 0) is 9.47 Å². The Balaban J connectivity index is 1.73. The summed E-state index contributed by atoms with van der Waals surface area (Å²) in [5.41, 5.74) is 5.74. The number of carbonyl (C=O) groups is 1. The van der Waals surface area contributed by atoms with E-state index in [9.17, 15) is 9.18 Å². The molecule has 1 aliphatic heterocycles. The van der Waals surface area contributed by atoms with Gasteiger partial charge in [0.15, 0.2) is 0 Å². The van der Waals surface area contributed by atoms with Crippen molar-refractivity contribution in [1.82, 2.24) is 15.3 Å². The van der Waals surface area contributed by atoms with Gasteiger partial charge in [0.1, 0.15) is 12.0 Å². The van der Waals surface area contributed by atoms with E-state index < -0.39 is 12.1 Å². The van der Waals surface area contributed by atoms with Crippen molar-refractivity contribution in [1.29, 1.82) is 0 Å². The predicted molar refractivity (Wildman–Crippen MR) is 108 cm³/mol. The lowest BCUT2D eigenvalue weighted by Gasteiger charge is -2.22. The van der Waals surface area contributed by atoms with Crippen LogP contribution >= 0.6 is 0 Å². The van der Waals surface area contributed by atoms with Gasteiger partial charge in [0.05, 0.1) is 50.0 Å². The number of pyridine rings is 1. The third kappa shape index (κ3) is 5.20. The number of halogens is 1. The van der Waals surface area contributed by atoms with Crippen LogP contribution in [0.4, 0.5) is 15.8 Å². The van der Waals surface area contributed by atoms with Gasteiger partial charge in [-0.2, -0.15) is 0 Å². The van der Waals surface area contributed by atoms with Crippen LogP contribution in [0.25, 0.3) is 0 Å². The van der Waals surface area contributed by atoms with Gasteiger partial charge in [-0.05, 0) is 38.4 Å². The number of hydrogen-bond acceptors (Lipinski definition) is 8. The fourth-order valence-electron chi connectivity index (χ4n) is 3.05. The Bertz CT molecular complexity index is 849. The summed E-state index contributed by atoms with van der Waals surface area (Å²) in [6.07, 6.45) is 2.62. The molecule has 1 atom stereocenters. The van der Waals surface area contributed by atoms with Gasteiger partial charge >= 0.3 is 5.97 Å². The Kier molecular flexibility index (Phi) is 6.97. The molecule has 0 spiro atoms. The van der Waals surface area contributed by atoms with Crippen molar-refractivity contribution in [2.24, 2.45) is 0 Å². The normalized spacial score (nSPS) is 15.5. The summed E-state index contributed by atoms with van der Waals surface area (Å²) in [5, 5.41) is 5.14. The number of carbonyl (C=O) groups excluding carboxylic acids is 1. The van der Waals surface area contributed by atoms with Crippen molar-refractivity contribution in [3.8, 4) is 0 Å². The molecule has 1 aromatic carbocycles. The summed E-state index contributed by atoms with van der Waals surface area (Å²) < 4.78 is 24.4. The molecule has 0 fully saturated rings. The van der Waals surface area contributed by atoms with Crippen molar-refractivity contribution in [3.63, 3.8) is 0 Å². The maximum absolute atomic E-state index is 13.9. The Hall–Kier alpha value is -2.75. The summed E-state index contributed by atoms with van der Waals surface area (Å²) >= 11 is 0. The number of rotatable bonds is 9. The summed E-state index contributed by atoms with van der Waals surface area (Å²) in [6.45, 7) is 2.58. The highest BCUT2D eigenvalue weighted by Crippen LogP contribution is 2.34. The first-order valence-corrected chi connectivity index (χ1v) is 9.34. The number of ether oxygens (including phenoxy) is 2. The summed E-state index contributed by atoms with van der Waals surface area (Å²) in [4.78, 5) is 18.1. The van der Waals surface area contributed by atoms with Crippen molar-refractivity contribution >= 4 is 17.3 Å². The standard InChI is InChI=1S/C20H26FN5O3/c1-25(2)8-10-29-11-9-26-18-5-4-14(21)12-16(18)19(24-26)23-17-13-22-7-6-15(17)20(27)28-3/h4-7,12-13,19,23-24H,8-11H2,1-3H3. The third-order valence-electron chi connectivity index (χ3n) is 4.54. The zero-order chi connectivity index (χ0) is 20.8. The van der Waals surface area contributed by atoms with Gasteiger partial charge in [-0.3, -0.25) is 4.98 Å². The zero-order valence-electron chi connectivity index (χ0n) is 16.8. The zero-order valence-corrected chi connectivity index (χ0v) is 16.8. The van der Waals surface area contributed by atoms with E-state index in [1.165, 1.54) is 25.4 Å². The fourth-order valence-corrected chi connectivity index (χ4v) is 3.05. The van der Waals surface area contributed by atoms with Gasteiger partial charge in [-0.1, -0.05) is 0 Å². The van der Waals surface area contributed by atoms with Gasteiger partial charge in [0, 0.05) is 18.3 Å². The minimum Gasteiger partial charge on any atom is -0.465 e. The lowest BCUT2D eigenvalue weighted by atomic mass is 10.1. The van der Waals surface area contributed by atoms with Crippen LogP contribution in [0.5, 0.6) is 0 Å². The second kappa shape index (κ2) is 9.64. The highest BCUT2D eigenvalue weighted by molar-refractivity contribution is 5.95. The number of likely N-dealkylation sites (N-methyl/N-ethyl adjacent to an activating group) is 1. The van der Waals surface area contributed by atoms with E-state index in [2.05, 4.69) is 20.6 Å². The van der Waals surface area contributed by atoms with Crippen LogP contribution in [0.2, 0.25) is 0 Å². The maximum Gasteiger partial charge on any atom is 0.340 e. The molecule has 2 heterocycles. The van der Waals surface area contributed by atoms with E-state index in [4.69, 9.17) is 9.47 Å². The molecule has 2 aromatic rings. The van der Waals surface area contributed by atoms with Crippen molar-refractivity contribution in [3.05, 3.63) is 53.6 Å². The second-order valence-corrected chi connectivity index (χ2v) is 6.89. The lowest BCUT2D eigenvalue weighted by Crippen LogP contribution is -2.39. The largest absolute Gasteiger partial charge is 0.465 e. The molecule has 1 unspecified atom stereocenters. The van der Waals surface area contributed by atoms with Gasteiger partial charge in [0.25, 0.3) is 0 Å². The van der Waals surface area contributed by atoms with Crippen LogP contribution < -0.4 is 15.8 Å². The van der Waals surface area contributed by atoms with E-state index in [0.29, 0.717) is 31.0 Å². The summed E-state index contributed by atoms with van der Waals surface area (Å²) in [6, 6.07) is 6.20. The third-order valence-corrected chi connectivity index (χ3v) is 4.54. The molecule has 29 heavy (non-hydrogen) atoms. The molecule has 0 saturated carbocycles. The molecule has 0 radical (unpaired) electrons. The highest BCUT2D eigenvalue weighted by atomic mass is 19.1. The number of hydrogen-bond donors (Lipinski definition) is 2. The minimum absolute atomic E-state index is 0.333. The van der Waals surface area contributed by atoms with E-state index in [1.807, 2.05) is 19.1 Å². The van der Waals surface area contributed by atoms with Crippen LogP contribution in [0.1, 0.15) is 22.1 Å². The van der Waals surface area contributed by atoms with E-state index in [1.54, 1.807) is 18.3 Å². The van der Waals surface area contributed by atoms with E-state index >= 15 is 0 Å². The molecule has 0 bridgehead atoms. The van der Waals surface area contributed by atoms with Gasteiger partial charge in [0.2, 0.25) is 0 Å². The van der Waals surface area contributed by atoms with Gasteiger partial charge in [-0.15, -0.1) is 0 Å². The van der Waals surface area contributed by atoms with E-state index in [-0.39, 0.29) is 5.82 Å². The molecule has 0 aliphatic carbocycles. The fraction of sp³-hybridized carbons (Fsp3) is 0.400. The molecule has 3 rings (SSSR count).